The lowest BCUT2D eigenvalue weighted by molar-refractivity contribution is 0.0698. The van der Waals surface area contributed by atoms with Gasteiger partial charge < -0.3 is 41.3 Å². The Kier molecular flexibility index (Phi) is 11.4. The largest absolute Gasteiger partial charge is 0.381 e. The third kappa shape index (κ3) is 8.46. The minimum atomic E-state index is -2.40. The molecule has 2 aliphatic heterocycles. The van der Waals surface area contributed by atoms with Gasteiger partial charge in [-0.1, -0.05) is 6.07 Å². The lowest BCUT2D eigenvalue weighted by atomic mass is 9.88. The number of H-pyrrole nitrogens is 1. The minimum Gasteiger partial charge on any atom is -0.381 e. The van der Waals surface area contributed by atoms with Crippen molar-refractivity contribution in [1.29, 1.82) is 0 Å². The fourth-order valence-electron chi connectivity index (χ4n) is 9.21. The number of fused-ring (bicyclic) bond motifs is 3. The molecule has 20 heteroatoms. The number of carbonyl (C=O) groups excluding carboxylic acids is 2. The molecule has 7 aromatic rings. The van der Waals surface area contributed by atoms with Crippen LogP contribution >= 0.6 is 0 Å². The number of carbonyl (C=O) groups is 2. The van der Waals surface area contributed by atoms with Crippen LogP contribution in [0.4, 0.5) is 31.9 Å². The number of primary amides is 1. The van der Waals surface area contributed by atoms with Crippen LogP contribution in [-0.2, 0) is 11.2 Å². The number of pyridine rings is 1. The Morgan fingerprint density at radius 1 is 0.954 bits per heavy atom. The summed E-state index contributed by atoms with van der Waals surface area (Å²) in [5.41, 5.74) is 11.7. The molecule has 0 radical (unpaired) electrons. The Labute approximate surface area is 370 Å². The number of nitrogens with two attached hydrogens (primary N) is 1. The van der Waals surface area contributed by atoms with Crippen LogP contribution < -0.4 is 32.6 Å². The summed E-state index contributed by atoms with van der Waals surface area (Å²) in [6, 6.07) is 11.5. The Balaban J connectivity index is 0.963. The molecule has 2 amide bonds. The highest BCUT2D eigenvalue weighted by molar-refractivity contribution is 6.01. The molecule has 18 nitrogen and oxygen atoms in total. The van der Waals surface area contributed by atoms with Crippen molar-refractivity contribution in [3.8, 4) is 11.3 Å². The van der Waals surface area contributed by atoms with Crippen molar-refractivity contribution in [3.63, 3.8) is 0 Å². The molecule has 1 saturated carbocycles. The number of nitrogens with one attached hydrogen (secondary N) is 5. The van der Waals surface area contributed by atoms with E-state index in [-0.39, 0.29) is 41.6 Å². The SMILES string of the molecule is CNc1cc(-c2c[nH]c3c(C4CCOCC4)cc(CCNc4cc(Nc5cccn(C6CCN(CC(F)F)CC6)c5=O)nc5c(C(=O)NC6CC6)cnn45)cc23)nc2c(C(N)=O)cnn12. The first-order valence-corrected chi connectivity index (χ1v) is 22.1. The number of hydrogen-bond donors (Lipinski definition) is 6. The fourth-order valence-corrected chi connectivity index (χ4v) is 9.21. The summed E-state index contributed by atoms with van der Waals surface area (Å²) in [6.45, 7) is 2.50. The normalized spacial score (nSPS) is 16.5. The predicted octanol–water partition coefficient (Wildman–Crippen LogP) is 5.31. The van der Waals surface area contributed by atoms with E-state index in [0.717, 1.165) is 47.7 Å². The van der Waals surface area contributed by atoms with Crippen molar-refractivity contribution in [2.24, 2.45) is 5.73 Å². The molecule has 0 bridgehead atoms. The molecule has 8 heterocycles. The minimum absolute atomic E-state index is 0.118. The number of ether oxygens (including phenoxy) is 1. The fraction of sp³-hybridized carbons (Fsp3) is 0.400. The van der Waals surface area contributed by atoms with Crippen LogP contribution in [-0.4, -0.2) is 114 Å². The monoisotopic (exact) mass is 888 g/mol. The molecule has 10 rings (SSSR count). The van der Waals surface area contributed by atoms with Gasteiger partial charge in [0.05, 0.1) is 24.6 Å². The lowest BCUT2D eigenvalue weighted by Gasteiger charge is -2.32. The van der Waals surface area contributed by atoms with Crippen molar-refractivity contribution in [2.75, 3.05) is 62.4 Å². The van der Waals surface area contributed by atoms with Crippen molar-refractivity contribution in [3.05, 3.63) is 93.8 Å². The average Bonchev–Trinajstić information content (AvgIpc) is 3.63. The van der Waals surface area contributed by atoms with Gasteiger partial charge in [-0.05, 0) is 80.2 Å². The molecule has 0 spiro atoms. The summed E-state index contributed by atoms with van der Waals surface area (Å²) in [7, 11) is 1.78. The zero-order valence-electron chi connectivity index (χ0n) is 35.8. The third-order valence-electron chi connectivity index (χ3n) is 12.7. The molecule has 65 heavy (non-hydrogen) atoms. The Bertz CT molecular complexity index is 2980. The van der Waals surface area contributed by atoms with E-state index in [1.165, 1.54) is 18.0 Å². The molecular formula is C45H50F2N14O4. The summed E-state index contributed by atoms with van der Waals surface area (Å²) in [4.78, 5) is 54.7. The second kappa shape index (κ2) is 17.6. The third-order valence-corrected chi connectivity index (χ3v) is 12.7. The highest BCUT2D eigenvalue weighted by Crippen LogP contribution is 2.38. The molecule has 7 N–H and O–H groups in total. The number of rotatable bonds is 15. The van der Waals surface area contributed by atoms with Gasteiger partial charge in [0.15, 0.2) is 11.3 Å². The lowest BCUT2D eigenvalue weighted by Crippen LogP contribution is -2.39. The van der Waals surface area contributed by atoms with Crippen molar-refractivity contribution in [1.82, 2.24) is 49.0 Å². The van der Waals surface area contributed by atoms with E-state index in [0.29, 0.717) is 97.8 Å². The van der Waals surface area contributed by atoms with E-state index in [1.54, 1.807) is 49.9 Å². The number of aromatic amines is 1. The van der Waals surface area contributed by atoms with E-state index >= 15 is 0 Å². The molecule has 3 fully saturated rings. The first-order valence-electron chi connectivity index (χ1n) is 22.1. The summed E-state index contributed by atoms with van der Waals surface area (Å²) >= 11 is 0. The van der Waals surface area contributed by atoms with Gasteiger partial charge in [-0.15, -0.1) is 0 Å². The number of alkyl halides is 2. The van der Waals surface area contributed by atoms with Gasteiger partial charge in [0, 0.05) is 93.0 Å². The smallest absolute Gasteiger partial charge is 0.274 e. The van der Waals surface area contributed by atoms with Crippen LogP contribution in [0.25, 0.3) is 33.5 Å². The number of likely N-dealkylation sites (tertiary alicyclic amines) is 1. The van der Waals surface area contributed by atoms with Crippen LogP contribution in [0.1, 0.15) is 82.3 Å². The zero-order chi connectivity index (χ0) is 44.8. The maximum atomic E-state index is 13.9. The zero-order valence-corrected chi connectivity index (χ0v) is 35.8. The van der Waals surface area contributed by atoms with E-state index in [2.05, 4.69) is 48.6 Å². The van der Waals surface area contributed by atoms with Crippen LogP contribution in [0.5, 0.6) is 0 Å². The van der Waals surface area contributed by atoms with Crippen molar-refractivity contribution >= 4 is 57.2 Å². The van der Waals surface area contributed by atoms with Gasteiger partial charge in [-0.3, -0.25) is 19.3 Å². The quantitative estimate of drug-likeness (QED) is 0.0772. The molecule has 1 aromatic carbocycles. The standard InChI is InChI=1S/C45H50F2N14O4/c1-49-38-19-35(56-42-32(41(48)62)22-52-60(38)42)31-21-51-40-29(26-9-15-65-16-10-26)17-25(18-30(31)40)6-11-50-39-20-37(57-43-33(23-53-61(39)43)44(63)54-27-4-5-27)55-34-3-2-12-59(45(34)64)28-7-13-58(14-8-28)24-36(46)47/h2-3,12,17-23,26-28,36,49-51H,4-11,13-16,24H2,1H3,(H2,48,62)(H,54,63)(H,55,57). The molecule has 0 unspecified atom stereocenters. The first kappa shape index (κ1) is 42.0. The summed E-state index contributed by atoms with van der Waals surface area (Å²) < 4.78 is 36.7. The Morgan fingerprint density at radius 3 is 2.45 bits per heavy atom. The molecule has 3 aliphatic rings. The predicted molar refractivity (Wildman–Crippen MR) is 242 cm³/mol. The van der Waals surface area contributed by atoms with E-state index in [4.69, 9.17) is 20.4 Å². The maximum Gasteiger partial charge on any atom is 0.274 e. The summed E-state index contributed by atoms with van der Waals surface area (Å²) in [5.74, 6) is 0.914. The Morgan fingerprint density at radius 2 is 1.71 bits per heavy atom. The van der Waals surface area contributed by atoms with Crippen LogP contribution in [0.2, 0.25) is 0 Å². The maximum absolute atomic E-state index is 13.9. The van der Waals surface area contributed by atoms with Crippen molar-refractivity contribution in [2.45, 2.75) is 69.4 Å². The summed E-state index contributed by atoms with van der Waals surface area (Å²) in [5, 5.41) is 22.9. The number of amides is 2. The Hall–Kier alpha value is -6.93. The number of aromatic nitrogens is 8. The number of nitrogens with zero attached hydrogens (tertiary/aromatic N) is 8. The number of piperidine rings is 1. The highest BCUT2D eigenvalue weighted by Gasteiger charge is 2.28. The van der Waals surface area contributed by atoms with Gasteiger partial charge in [0.1, 0.15) is 34.3 Å². The van der Waals surface area contributed by atoms with Crippen LogP contribution in [0.3, 0.4) is 0 Å². The van der Waals surface area contributed by atoms with Crippen LogP contribution in [0, 0.1) is 0 Å². The van der Waals surface area contributed by atoms with Gasteiger partial charge >= 0.3 is 0 Å². The van der Waals surface area contributed by atoms with E-state index in [1.807, 2.05) is 12.3 Å². The number of benzene rings is 1. The van der Waals surface area contributed by atoms with Gasteiger partial charge in [0.25, 0.3) is 23.8 Å². The second-order valence-corrected chi connectivity index (χ2v) is 17.1. The van der Waals surface area contributed by atoms with Gasteiger partial charge in [-0.25, -0.2) is 18.7 Å². The number of anilines is 4. The van der Waals surface area contributed by atoms with Gasteiger partial charge in [0.2, 0.25) is 0 Å². The number of halogens is 2. The molecule has 1 aliphatic carbocycles. The van der Waals surface area contributed by atoms with E-state index < -0.39 is 12.3 Å². The van der Waals surface area contributed by atoms with E-state index in [9.17, 15) is 23.2 Å². The van der Waals surface area contributed by atoms with Crippen molar-refractivity contribution < 1.29 is 23.1 Å². The molecule has 2 saturated heterocycles. The molecule has 338 valence electrons. The van der Waals surface area contributed by atoms with Crippen LogP contribution in [0.15, 0.2) is 66.0 Å². The van der Waals surface area contributed by atoms with Gasteiger partial charge in [-0.2, -0.15) is 19.2 Å². The second-order valence-electron chi connectivity index (χ2n) is 17.1. The molecular weight excluding hydrogens is 839 g/mol. The number of hydrogen-bond acceptors (Lipinski definition) is 12. The molecule has 6 aromatic heterocycles. The summed E-state index contributed by atoms with van der Waals surface area (Å²) in [6.07, 6.45) is 9.56. The first-order chi connectivity index (χ1) is 31.6. The highest BCUT2D eigenvalue weighted by atomic mass is 19.3. The molecule has 0 atom stereocenters. The average molecular weight is 889 g/mol. The topological polar surface area (TPSA) is 219 Å².